The molecule has 0 unspecified atom stereocenters. The molecule has 0 heterocycles. The van der Waals surface area contributed by atoms with Gasteiger partial charge in [-0.2, -0.15) is 0 Å². The fourth-order valence-electron chi connectivity index (χ4n) is 3.06. The second kappa shape index (κ2) is 13.5. The summed E-state index contributed by atoms with van der Waals surface area (Å²) < 4.78 is 0. The molecule has 0 amide bonds. The van der Waals surface area contributed by atoms with Gasteiger partial charge in [0, 0.05) is 26.6 Å². The lowest BCUT2D eigenvalue weighted by atomic mass is 9.96. The zero-order chi connectivity index (χ0) is 14.6. The van der Waals surface area contributed by atoms with E-state index in [1.54, 1.807) is 0 Å². The molecule has 2 rings (SSSR count). The second-order valence-electron chi connectivity index (χ2n) is 6.17. The van der Waals surface area contributed by atoms with E-state index in [4.69, 9.17) is 10.8 Å². The molecule has 0 radical (unpaired) electrons. The highest BCUT2D eigenvalue weighted by Crippen LogP contribution is 2.17. The van der Waals surface area contributed by atoms with Crippen LogP contribution in [0.2, 0.25) is 0 Å². The topological polar surface area (TPSA) is 61.5 Å². The van der Waals surface area contributed by atoms with Crippen LogP contribution in [-0.4, -0.2) is 41.9 Å². The van der Waals surface area contributed by atoms with Crippen LogP contribution in [0.25, 0.3) is 0 Å². The maximum absolute atomic E-state index is 8.82. The van der Waals surface area contributed by atoms with Crippen molar-refractivity contribution in [1.82, 2.24) is 10.4 Å². The summed E-state index contributed by atoms with van der Waals surface area (Å²) in [5.74, 6) is 0. The Balaban J connectivity index is 0. The van der Waals surface area contributed by atoms with Crippen molar-refractivity contribution in [3.05, 3.63) is 0 Å². The fourth-order valence-corrected chi connectivity index (χ4v) is 3.06. The number of rotatable bonds is 5. The first kappa shape index (κ1) is 20.8. The smallest absolute Gasteiger partial charge is 0.0572 e. The van der Waals surface area contributed by atoms with E-state index in [1.807, 2.05) is 0 Å². The Labute approximate surface area is 133 Å². The van der Waals surface area contributed by atoms with Crippen molar-refractivity contribution in [2.75, 3.05) is 19.7 Å². The van der Waals surface area contributed by atoms with E-state index in [1.165, 1.54) is 64.2 Å². The third-order valence-electron chi connectivity index (χ3n) is 4.37. The number of aliphatic hydroxyl groups excluding tert-OH is 1. The van der Waals surface area contributed by atoms with Gasteiger partial charge in [-0.15, -0.1) is 0 Å². The van der Waals surface area contributed by atoms with E-state index in [-0.39, 0.29) is 15.5 Å². The molecular weight excluding hydrogens is 262 g/mol. The van der Waals surface area contributed by atoms with Crippen LogP contribution in [-0.2, 0) is 0 Å². The fraction of sp³-hybridized carbons (Fsp3) is 1.00. The third-order valence-corrected chi connectivity index (χ3v) is 4.37. The van der Waals surface area contributed by atoms with Gasteiger partial charge in [-0.25, -0.2) is 5.01 Å². The Morgan fingerprint density at radius 1 is 1.05 bits per heavy atom. The van der Waals surface area contributed by atoms with Gasteiger partial charge in [0.1, 0.15) is 0 Å². The molecule has 0 aliphatic heterocycles. The molecule has 4 nitrogen and oxygen atoms in total. The molecule has 2 aliphatic rings. The van der Waals surface area contributed by atoms with Gasteiger partial charge in [-0.3, -0.25) is 5.43 Å². The number of hydrazine groups is 1. The average molecular weight is 304 g/mol. The van der Waals surface area contributed by atoms with E-state index in [0.717, 1.165) is 13.1 Å². The molecule has 0 spiro atoms. The maximum atomic E-state index is 8.82. The van der Waals surface area contributed by atoms with E-state index in [0.29, 0.717) is 12.1 Å². The van der Waals surface area contributed by atoms with Crippen LogP contribution in [0, 0.1) is 0 Å². The number of hydrogen-bond acceptors (Lipinski definition) is 4. The van der Waals surface area contributed by atoms with Crippen molar-refractivity contribution < 1.29 is 6.53 Å². The Morgan fingerprint density at radius 3 is 1.95 bits per heavy atom. The van der Waals surface area contributed by atoms with E-state index in [9.17, 15) is 0 Å². The van der Waals surface area contributed by atoms with Gasteiger partial charge in [0.25, 0.3) is 0 Å². The van der Waals surface area contributed by atoms with Crippen LogP contribution in [0.4, 0.5) is 0 Å². The summed E-state index contributed by atoms with van der Waals surface area (Å²) in [7, 11) is 0. The molecule has 0 aromatic heterocycles. The monoisotopic (exact) mass is 303 g/mol. The molecule has 0 bridgehead atoms. The minimum Gasteiger partial charge on any atom is -0.395 e. The summed E-state index contributed by atoms with van der Waals surface area (Å²) >= 11 is 0. The number of nitrogens with one attached hydrogen (secondary N) is 1. The molecule has 2 aliphatic carbocycles. The van der Waals surface area contributed by atoms with Crippen LogP contribution >= 0.6 is 0 Å². The number of hydrogen-bond donors (Lipinski definition) is 3. The molecule has 0 aromatic carbocycles. The van der Waals surface area contributed by atoms with Crippen molar-refractivity contribution in [2.24, 2.45) is 5.73 Å². The Bertz CT molecular complexity index is 217. The first-order chi connectivity index (χ1) is 9.76. The van der Waals surface area contributed by atoms with Gasteiger partial charge < -0.3 is 10.8 Å². The van der Waals surface area contributed by atoms with Crippen molar-refractivity contribution in [2.45, 2.75) is 90.6 Å². The molecule has 2 fully saturated rings. The SMILES string of the molecule is C.CCN(CCO)NC1CCCCC1.NC1CCCCC1.[HH]. The van der Waals surface area contributed by atoms with Crippen LogP contribution in [0.1, 0.15) is 80.0 Å². The molecule has 130 valence electrons. The first-order valence-corrected chi connectivity index (χ1v) is 8.63. The number of nitrogens with zero attached hydrogens (tertiary/aromatic N) is 1. The zero-order valence-electron chi connectivity index (χ0n) is 13.3. The summed E-state index contributed by atoms with van der Waals surface area (Å²) in [6.45, 7) is 4.07. The van der Waals surface area contributed by atoms with Gasteiger partial charge in [0.05, 0.1) is 6.61 Å². The Hall–Kier alpha value is -0.160. The number of nitrogens with two attached hydrogens (primary N) is 1. The summed E-state index contributed by atoms with van der Waals surface area (Å²) in [6.07, 6.45) is 13.4. The summed E-state index contributed by atoms with van der Waals surface area (Å²) in [5.41, 5.74) is 9.11. The van der Waals surface area contributed by atoms with Crippen LogP contribution in [0.3, 0.4) is 0 Å². The molecule has 0 aromatic rings. The van der Waals surface area contributed by atoms with Gasteiger partial charge >= 0.3 is 0 Å². The quantitative estimate of drug-likeness (QED) is 0.682. The summed E-state index contributed by atoms with van der Waals surface area (Å²) in [4.78, 5) is 0. The highest BCUT2D eigenvalue weighted by molar-refractivity contribution is 4.70. The molecule has 4 heteroatoms. The lowest BCUT2D eigenvalue weighted by molar-refractivity contribution is 0.116. The summed E-state index contributed by atoms with van der Waals surface area (Å²) in [5, 5.41) is 10.9. The Morgan fingerprint density at radius 2 is 1.57 bits per heavy atom. The molecule has 21 heavy (non-hydrogen) atoms. The number of aliphatic hydroxyl groups is 1. The van der Waals surface area contributed by atoms with Crippen LogP contribution in [0.5, 0.6) is 0 Å². The average Bonchev–Trinajstić information content (AvgIpc) is 2.49. The third kappa shape index (κ3) is 10.2. The van der Waals surface area contributed by atoms with Crippen molar-refractivity contribution in [1.29, 1.82) is 0 Å². The highest BCUT2D eigenvalue weighted by Gasteiger charge is 2.14. The van der Waals surface area contributed by atoms with Gasteiger partial charge in [-0.05, 0) is 25.7 Å². The molecular formula is C17H41N3O. The lowest BCUT2D eigenvalue weighted by Crippen LogP contribution is -2.46. The maximum Gasteiger partial charge on any atom is 0.0572 e. The summed E-state index contributed by atoms with van der Waals surface area (Å²) in [6, 6.07) is 1.19. The normalized spacial score (nSPS) is 20.6. The van der Waals surface area contributed by atoms with E-state index >= 15 is 0 Å². The van der Waals surface area contributed by atoms with Crippen molar-refractivity contribution in [3.63, 3.8) is 0 Å². The van der Waals surface area contributed by atoms with Crippen LogP contribution in [0.15, 0.2) is 0 Å². The standard InChI is InChI=1S/C10H22N2O.C6H13N.CH4.H2/c1-2-12(8-9-13)11-10-6-4-3-5-7-10;7-6-4-2-1-3-5-6;;/h10-11,13H,2-9H2,1H3;6H,1-5,7H2;1H4;1H. The minimum absolute atomic E-state index is 0. The Kier molecular flexibility index (Phi) is 13.4. The highest BCUT2D eigenvalue weighted by atomic mass is 16.3. The molecule has 4 N–H and O–H groups in total. The predicted molar refractivity (Wildman–Crippen MR) is 94.2 cm³/mol. The molecule has 2 saturated carbocycles. The molecule has 0 atom stereocenters. The van der Waals surface area contributed by atoms with Crippen LogP contribution < -0.4 is 11.2 Å². The minimum atomic E-state index is 0. The van der Waals surface area contributed by atoms with Gasteiger partial charge in [-0.1, -0.05) is 52.9 Å². The van der Waals surface area contributed by atoms with Gasteiger partial charge in [0.2, 0.25) is 0 Å². The van der Waals surface area contributed by atoms with E-state index < -0.39 is 0 Å². The predicted octanol–water partition coefficient (Wildman–Crippen LogP) is 3.30. The largest absolute Gasteiger partial charge is 0.395 e. The zero-order valence-corrected chi connectivity index (χ0v) is 13.3. The van der Waals surface area contributed by atoms with E-state index in [2.05, 4.69) is 17.4 Å². The second-order valence-corrected chi connectivity index (χ2v) is 6.17. The number of likely N-dealkylation sites (N-methyl/N-ethyl adjacent to an activating group) is 1. The first-order valence-electron chi connectivity index (χ1n) is 8.63. The molecule has 0 saturated heterocycles. The lowest BCUT2D eigenvalue weighted by Gasteiger charge is -2.29. The van der Waals surface area contributed by atoms with Crippen molar-refractivity contribution in [3.8, 4) is 0 Å². The van der Waals surface area contributed by atoms with Crippen molar-refractivity contribution >= 4 is 0 Å². The van der Waals surface area contributed by atoms with Gasteiger partial charge in [0.15, 0.2) is 0 Å².